The Morgan fingerprint density at radius 3 is 2.25 bits per heavy atom. The molecule has 0 atom stereocenters. The molecule has 0 saturated carbocycles. The van der Waals surface area contributed by atoms with Crippen LogP contribution in [-0.4, -0.2) is 43.9 Å². The summed E-state index contributed by atoms with van der Waals surface area (Å²) in [4.78, 5) is 25.1. The van der Waals surface area contributed by atoms with Crippen molar-refractivity contribution in [3.63, 3.8) is 0 Å². The smallest absolute Gasteiger partial charge is 0.267 e. The van der Waals surface area contributed by atoms with Crippen LogP contribution in [0.1, 0.15) is 13.3 Å². The molecule has 24 heavy (non-hydrogen) atoms. The maximum absolute atomic E-state index is 12.1. The van der Waals surface area contributed by atoms with E-state index in [1.807, 2.05) is 20.2 Å². The molecule has 0 aliphatic heterocycles. The molecule has 0 aliphatic rings. The van der Waals surface area contributed by atoms with E-state index in [0.29, 0.717) is 17.9 Å². The van der Waals surface area contributed by atoms with Gasteiger partial charge in [-0.1, -0.05) is 0 Å². The van der Waals surface area contributed by atoms with Crippen LogP contribution in [0.15, 0.2) is 36.0 Å². The second-order valence-corrected chi connectivity index (χ2v) is 5.49. The highest BCUT2D eigenvalue weighted by molar-refractivity contribution is 6.06. The number of carbonyl (C=O) groups is 2. The summed E-state index contributed by atoms with van der Waals surface area (Å²) in [5.41, 5.74) is 1.19. The molecule has 0 fully saturated rings. The van der Waals surface area contributed by atoms with Crippen LogP contribution >= 0.6 is 0 Å². The minimum absolute atomic E-state index is 0.00536. The van der Waals surface area contributed by atoms with Gasteiger partial charge >= 0.3 is 0 Å². The van der Waals surface area contributed by atoms with Crippen LogP contribution in [0.2, 0.25) is 0 Å². The lowest BCUT2D eigenvalue weighted by atomic mass is 10.2. The topological polar surface area (TPSA) is 97.3 Å². The number of carbonyl (C=O) groups excluding carboxylic acids is 2. The lowest BCUT2D eigenvalue weighted by Gasteiger charge is -2.09. The van der Waals surface area contributed by atoms with Crippen molar-refractivity contribution < 1.29 is 9.59 Å². The molecular formula is C17H23N5O2. The Bertz CT molecular complexity index is 629. The van der Waals surface area contributed by atoms with E-state index in [4.69, 9.17) is 5.26 Å². The van der Waals surface area contributed by atoms with Gasteiger partial charge in [-0.25, -0.2) is 0 Å². The molecule has 0 heterocycles. The van der Waals surface area contributed by atoms with Crippen molar-refractivity contribution in [2.45, 2.75) is 13.3 Å². The van der Waals surface area contributed by atoms with E-state index in [1.165, 1.54) is 13.1 Å². The molecule has 2 amide bonds. The zero-order valence-electron chi connectivity index (χ0n) is 14.2. The summed E-state index contributed by atoms with van der Waals surface area (Å²) in [5, 5.41) is 17.3. The quantitative estimate of drug-likeness (QED) is 0.382. The van der Waals surface area contributed by atoms with Gasteiger partial charge < -0.3 is 20.9 Å². The minimum atomic E-state index is -0.482. The van der Waals surface area contributed by atoms with Crippen molar-refractivity contribution in [1.29, 1.82) is 5.26 Å². The highest BCUT2D eigenvalue weighted by Crippen LogP contribution is 2.14. The summed E-state index contributed by atoms with van der Waals surface area (Å²) in [5.74, 6) is -0.647. The van der Waals surface area contributed by atoms with Crippen LogP contribution in [0.3, 0.4) is 0 Å². The molecule has 0 unspecified atom stereocenters. The number of nitriles is 1. The van der Waals surface area contributed by atoms with E-state index >= 15 is 0 Å². The monoisotopic (exact) mass is 329 g/mol. The van der Waals surface area contributed by atoms with E-state index in [0.717, 1.165) is 13.0 Å². The van der Waals surface area contributed by atoms with Crippen LogP contribution < -0.4 is 16.0 Å². The standard InChI is InChI=1S/C17H23N5O2/c1-13(23)20-15-5-7-16(8-6-15)21-17(24)14(11-18)12-19-9-4-10-22(2)3/h5-8,12,19H,4,9-10H2,1-3H3,(H,20,23)(H,21,24)/b14-12-. The molecule has 7 nitrogen and oxygen atoms in total. The average molecular weight is 329 g/mol. The second-order valence-electron chi connectivity index (χ2n) is 5.49. The second kappa shape index (κ2) is 10.0. The van der Waals surface area contributed by atoms with Gasteiger partial charge in [-0.15, -0.1) is 0 Å². The van der Waals surface area contributed by atoms with E-state index in [1.54, 1.807) is 24.3 Å². The third kappa shape index (κ3) is 7.42. The molecule has 0 aliphatic carbocycles. The Kier molecular flexibility index (Phi) is 8.02. The summed E-state index contributed by atoms with van der Waals surface area (Å²) in [7, 11) is 3.97. The zero-order valence-corrected chi connectivity index (χ0v) is 14.2. The molecule has 0 spiro atoms. The number of anilines is 2. The first kappa shape index (κ1) is 19.2. The highest BCUT2D eigenvalue weighted by atomic mass is 16.2. The summed E-state index contributed by atoms with van der Waals surface area (Å²) in [6.07, 6.45) is 2.34. The zero-order chi connectivity index (χ0) is 17.9. The summed E-state index contributed by atoms with van der Waals surface area (Å²) in [6.45, 7) is 3.03. The molecule has 0 saturated heterocycles. The molecule has 128 valence electrons. The first-order valence-electron chi connectivity index (χ1n) is 7.59. The maximum atomic E-state index is 12.1. The van der Waals surface area contributed by atoms with Crippen molar-refractivity contribution in [1.82, 2.24) is 10.2 Å². The van der Waals surface area contributed by atoms with Gasteiger partial charge in [-0.05, 0) is 51.3 Å². The molecule has 7 heteroatoms. The van der Waals surface area contributed by atoms with Gasteiger partial charge in [0.2, 0.25) is 5.91 Å². The van der Waals surface area contributed by atoms with Crippen molar-refractivity contribution >= 4 is 23.2 Å². The van der Waals surface area contributed by atoms with Crippen LogP contribution in [0.5, 0.6) is 0 Å². The lowest BCUT2D eigenvalue weighted by Crippen LogP contribution is -2.20. The molecular weight excluding hydrogens is 306 g/mol. The van der Waals surface area contributed by atoms with Gasteiger partial charge in [0.05, 0.1) is 0 Å². The van der Waals surface area contributed by atoms with Crippen molar-refractivity contribution in [2.75, 3.05) is 37.8 Å². The number of hydrogen-bond donors (Lipinski definition) is 3. The predicted octanol–water partition coefficient (Wildman–Crippen LogP) is 1.53. The van der Waals surface area contributed by atoms with Crippen molar-refractivity contribution in [3.05, 3.63) is 36.0 Å². The van der Waals surface area contributed by atoms with Gasteiger partial charge in [-0.2, -0.15) is 5.26 Å². The Balaban J connectivity index is 2.54. The summed E-state index contributed by atoms with van der Waals surface area (Å²) in [6, 6.07) is 8.54. The largest absolute Gasteiger partial charge is 0.390 e. The minimum Gasteiger partial charge on any atom is -0.390 e. The van der Waals surface area contributed by atoms with Crippen LogP contribution in [0.25, 0.3) is 0 Å². The fourth-order valence-corrected chi connectivity index (χ4v) is 1.86. The Morgan fingerprint density at radius 2 is 1.75 bits per heavy atom. The first-order valence-corrected chi connectivity index (χ1v) is 7.59. The molecule has 1 rings (SSSR count). The number of rotatable bonds is 8. The lowest BCUT2D eigenvalue weighted by molar-refractivity contribution is -0.114. The number of nitrogens with one attached hydrogen (secondary N) is 3. The molecule has 0 bridgehead atoms. The Hall–Kier alpha value is -2.85. The third-order valence-electron chi connectivity index (χ3n) is 3.00. The van der Waals surface area contributed by atoms with Crippen LogP contribution in [0, 0.1) is 11.3 Å². The highest BCUT2D eigenvalue weighted by Gasteiger charge is 2.09. The maximum Gasteiger partial charge on any atom is 0.267 e. The summed E-state index contributed by atoms with van der Waals surface area (Å²) >= 11 is 0. The average Bonchev–Trinajstić information content (AvgIpc) is 2.52. The fraction of sp³-hybridized carbons (Fsp3) is 0.353. The Morgan fingerprint density at radius 1 is 1.17 bits per heavy atom. The van der Waals surface area contributed by atoms with Crippen molar-refractivity contribution in [2.24, 2.45) is 0 Å². The molecule has 0 radical (unpaired) electrons. The Labute approximate surface area is 142 Å². The van der Waals surface area contributed by atoms with E-state index < -0.39 is 5.91 Å². The molecule has 0 aromatic heterocycles. The normalized spacial score (nSPS) is 10.9. The van der Waals surface area contributed by atoms with Gasteiger partial charge in [0.1, 0.15) is 11.6 Å². The van der Waals surface area contributed by atoms with Crippen LogP contribution in [0.4, 0.5) is 11.4 Å². The van der Waals surface area contributed by atoms with Crippen LogP contribution in [-0.2, 0) is 9.59 Å². The van der Waals surface area contributed by atoms with E-state index in [2.05, 4.69) is 20.9 Å². The van der Waals surface area contributed by atoms with E-state index in [9.17, 15) is 9.59 Å². The van der Waals surface area contributed by atoms with Crippen molar-refractivity contribution in [3.8, 4) is 6.07 Å². The van der Waals surface area contributed by atoms with Gasteiger partial charge in [-0.3, -0.25) is 9.59 Å². The SMILES string of the molecule is CC(=O)Nc1ccc(NC(=O)/C(C#N)=C\NCCCN(C)C)cc1. The van der Waals surface area contributed by atoms with Gasteiger partial charge in [0.15, 0.2) is 0 Å². The number of nitrogens with zero attached hydrogens (tertiary/aromatic N) is 2. The molecule has 1 aromatic rings. The fourth-order valence-electron chi connectivity index (χ4n) is 1.86. The van der Waals surface area contributed by atoms with E-state index in [-0.39, 0.29) is 11.5 Å². The number of amides is 2. The summed E-state index contributed by atoms with van der Waals surface area (Å²) < 4.78 is 0. The van der Waals surface area contributed by atoms with Gasteiger partial charge in [0.25, 0.3) is 5.91 Å². The molecule has 3 N–H and O–H groups in total. The first-order chi connectivity index (χ1) is 11.4. The number of hydrogen-bond acceptors (Lipinski definition) is 5. The van der Waals surface area contributed by atoms with Gasteiger partial charge in [0, 0.05) is 31.0 Å². The molecule has 1 aromatic carbocycles. The predicted molar refractivity (Wildman–Crippen MR) is 94.2 cm³/mol. The third-order valence-corrected chi connectivity index (χ3v) is 3.00. The number of benzene rings is 1.